The molecule has 34 heavy (non-hydrogen) atoms. The van der Waals surface area contributed by atoms with E-state index in [0.29, 0.717) is 33.8 Å². The highest BCUT2D eigenvalue weighted by molar-refractivity contribution is 8.26. The number of thioether (sulfide) groups is 1. The van der Waals surface area contributed by atoms with Gasteiger partial charge in [0.15, 0.2) is 0 Å². The van der Waals surface area contributed by atoms with Crippen LogP contribution in [-0.2, 0) is 11.3 Å². The highest BCUT2D eigenvalue weighted by atomic mass is 32.2. The van der Waals surface area contributed by atoms with Gasteiger partial charge < -0.3 is 4.90 Å². The molecule has 3 rings (SSSR count). The minimum atomic E-state index is -0.240. The number of thiocarbonyl (C=S) groups is 1. The average Bonchev–Trinajstić information content (AvgIpc) is 3.07. The maximum absolute atomic E-state index is 13.3. The number of hydrogen-bond acceptors (Lipinski definition) is 6. The summed E-state index contributed by atoms with van der Waals surface area (Å²) < 4.78 is 2.34. The molecule has 1 aromatic rings. The van der Waals surface area contributed by atoms with Crippen molar-refractivity contribution in [3.05, 3.63) is 31.9 Å². The number of piperidine rings is 1. The average molecular weight is 501 g/mol. The molecule has 2 fully saturated rings. The van der Waals surface area contributed by atoms with Gasteiger partial charge in [-0.15, -0.1) is 0 Å². The van der Waals surface area contributed by atoms with E-state index in [-0.39, 0.29) is 17.0 Å². The lowest BCUT2D eigenvalue weighted by molar-refractivity contribution is -0.122. The summed E-state index contributed by atoms with van der Waals surface area (Å²) in [7, 11) is 0. The first-order valence-corrected chi connectivity index (χ1v) is 13.7. The lowest BCUT2D eigenvalue weighted by Crippen LogP contribution is -2.40. The monoisotopic (exact) mass is 500 g/mol. The van der Waals surface area contributed by atoms with Crippen molar-refractivity contribution in [3.63, 3.8) is 0 Å². The molecule has 6 nitrogen and oxygen atoms in total. The van der Waals surface area contributed by atoms with Gasteiger partial charge in [-0.3, -0.25) is 19.1 Å². The number of amides is 1. The third kappa shape index (κ3) is 5.58. The molecule has 0 radical (unpaired) electrons. The van der Waals surface area contributed by atoms with Crippen LogP contribution in [0.25, 0.3) is 6.08 Å². The first-order chi connectivity index (χ1) is 16.3. The van der Waals surface area contributed by atoms with Crippen LogP contribution in [-0.4, -0.2) is 39.3 Å². The lowest BCUT2D eigenvalue weighted by atomic mass is 9.98. The zero-order valence-electron chi connectivity index (χ0n) is 20.9. The summed E-state index contributed by atoms with van der Waals surface area (Å²) in [4.78, 5) is 31.1. The first-order valence-electron chi connectivity index (χ1n) is 12.5. The molecule has 0 aliphatic carbocycles. The van der Waals surface area contributed by atoms with Gasteiger partial charge in [0.2, 0.25) is 0 Å². The molecule has 3 heterocycles. The van der Waals surface area contributed by atoms with Gasteiger partial charge in [0.25, 0.3) is 11.5 Å². The van der Waals surface area contributed by atoms with Crippen LogP contribution in [0.1, 0.15) is 82.4 Å². The van der Waals surface area contributed by atoms with Crippen molar-refractivity contribution in [3.8, 4) is 6.07 Å². The Bertz CT molecular complexity index is 1070. The Morgan fingerprint density at radius 2 is 1.94 bits per heavy atom. The van der Waals surface area contributed by atoms with Crippen molar-refractivity contribution in [1.29, 1.82) is 5.26 Å². The molecule has 0 bridgehead atoms. The lowest BCUT2D eigenvalue weighted by Gasteiger charge is -2.36. The fraction of sp³-hybridized carbons (Fsp3) is 0.615. The van der Waals surface area contributed by atoms with Crippen LogP contribution in [0.15, 0.2) is 9.70 Å². The molecule has 0 aromatic carbocycles. The predicted octanol–water partition coefficient (Wildman–Crippen LogP) is 5.46. The van der Waals surface area contributed by atoms with Gasteiger partial charge >= 0.3 is 0 Å². The molecule has 1 amide bonds. The van der Waals surface area contributed by atoms with Crippen LogP contribution in [0, 0.1) is 24.2 Å². The molecule has 2 aliphatic rings. The largest absolute Gasteiger partial charge is 0.357 e. The minimum absolute atomic E-state index is 0.0735. The minimum Gasteiger partial charge on any atom is -0.357 e. The van der Waals surface area contributed by atoms with Crippen LogP contribution in [0.2, 0.25) is 0 Å². The normalized spacial score (nSPS) is 19.9. The number of rotatable bonds is 9. The Hall–Kier alpha value is -2.11. The number of aromatic nitrogens is 1. The van der Waals surface area contributed by atoms with Crippen molar-refractivity contribution >= 4 is 46.1 Å². The second-order valence-corrected chi connectivity index (χ2v) is 11.1. The number of unbranched alkanes of at least 4 members (excludes halogenated alkanes) is 3. The summed E-state index contributed by atoms with van der Waals surface area (Å²) in [6.45, 7) is 11.1. The Balaban J connectivity index is 2.09. The van der Waals surface area contributed by atoms with E-state index in [4.69, 9.17) is 12.2 Å². The van der Waals surface area contributed by atoms with Gasteiger partial charge in [-0.05, 0) is 50.2 Å². The topological polar surface area (TPSA) is 69.3 Å². The van der Waals surface area contributed by atoms with E-state index < -0.39 is 0 Å². The summed E-state index contributed by atoms with van der Waals surface area (Å²) >= 11 is 6.86. The summed E-state index contributed by atoms with van der Waals surface area (Å²) in [6.07, 6.45) is 9.18. The molecule has 184 valence electrons. The van der Waals surface area contributed by atoms with E-state index in [9.17, 15) is 14.9 Å². The third-order valence-electron chi connectivity index (χ3n) is 6.63. The van der Waals surface area contributed by atoms with E-state index in [0.717, 1.165) is 69.4 Å². The molecular weight excluding hydrogens is 464 g/mol. The van der Waals surface area contributed by atoms with Crippen LogP contribution in [0.4, 0.5) is 5.82 Å². The number of anilines is 1. The Morgan fingerprint density at radius 3 is 2.59 bits per heavy atom. The van der Waals surface area contributed by atoms with E-state index in [2.05, 4.69) is 24.8 Å². The van der Waals surface area contributed by atoms with Crippen molar-refractivity contribution in [1.82, 2.24) is 9.47 Å². The quantitative estimate of drug-likeness (QED) is 0.255. The Kier molecular flexibility index (Phi) is 9.38. The van der Waals surface area contributed by atoms with E-state index in [1.165, 1.54) is 11.8 Å². The van der Waals surface area contributed by atoms with Crippen LogP contribution in [0.3, 0.4) is 0 Å². The number of nitrogens with zero attached hydrogens (tertiary/aromatic N) is 4. The number of hydrogen-bond donors (Lipinski definition) is 0. The highest BCUT2D eigenvalue weighted by Crippen LogP contribution is 2.37. The van der Waals surface area contributed by atoms with Crippen molar-refractivity contribution in [2.75, 3.05) is 24.5 Å². The maximum atomic E-state index is 13.3. The van der Waals surface area contributed by atoms with Crippen molar-refractivity contribution in [2.24, 2.45) is 5.92 Å². The molecule has 0 spiro atoms. The van der Waals surface area contributed by atoms with E-state index >= 15 is 0 Å². The maximum Gasteiger partial charge on any atom is 0.270 e. The molecule has 0 N–H and O–H groups in total. The zero-order valence-corrected chi connectivity index (χ0v) is 22.5. The molecule has 2 aliphatic heterocycles. The third-order valence-corrected chi connectivity index (χ3v) is 8.01. The summed E-state index contributed by atoms with van der Waals surface area (Å²) in [5.74, 6) is 1.28. The molecule has 1 unspecified atom stereocenters. The summed E-state index contributed by atoms with van der Waals surface area (Å²) in [5.41, 5.74) is 1.35. The second kappa shape index (κ2) is 12.0. The zero-order chi connectivity index (χ0) is 24.8. The van der Waals surface area contributed by atoms with Gasteiger partial charge in [0.1, 0.15) is 21.8 Å². The fourth-order valence-electron chi connectivity index (χ4n) is 4.82. The van der Waals surface area contributed by atoms with Gasteiger partial charge in [0.05, 0.1) is 4.91 Å². The fourth-order valence-corrected chi connectivity index (χ4v) is 6.11. The number of pyridine rings is 1. The summed E-state index contributed by atoms with van der Waals surface area (Å²) in [5, 5.41) is 9.80. The van der Waals surface area contributed by atoms with Gasteiger partial charge in [-0.25, -0.2) is 0 Å². The molecule has 1 atom stereocenters. The second-order valence-electron chi connectivity index (χ2n) is 9.39. The van der Waals surface area contributed by atoms with E-state index in [1.807, 2.05) is 19.9 Å². The first kappa shape index (κ1) is 26.5. The smallest absolute Gasteiger partial charge is 0.270 e. The van der Waals surface area contributed by atoms with Crippen molar-refractivity contribution < 1.29 is 4.79 Å². The Labute approximate surface area is 213 Å². The molecule has 0 saturated carbocycles. The number of carbonyl (C=O) groups excluding carboxylic acids is 1. The SMILES string of the molecule is CCCCCCN1C(=O)/C(=C/c2c(C)c(C#N)c(=O)n(CCC)c2N2CCCC(C)C2)SC1=S. The molecule has 2 saturated heterocycles. The molecule has 8 heteroatoms. The van der Waals surface area contributed by atoms with Gasteiger partial charge in [-0.2, -0.15) is 5.26 Å². The number of nitriles is 1. The van der Waals surface area contributed by atoms with Crippen molar-refractivity contribution in [2.45, 2.75) is 79.2 Å². The van der Waals surface area contributed by atoms with Crippen LogP contribution < -0.4 is 10.5 Å². The number of carbonyl (C=O) groups is 1. The van der Waals surface area contributed by atoms with Crippen LogP contribution in [0.5, 0.6) is 0 Å². The Morgan fingerprint density at radius 1 is 1.18 bits per heavy atom. The highest BCUT2D eigenvalue weighted by Gasteiger charge is 2.33. The molecular formula is C26H36N4O2S2. The standard InChI is InChI=1S/C26H36N4O2S2/c1-5-7-8-9-14-30-25(32)22(34-26(30)33)15-20-19(4)21(16-27)24(31)29(12-6-2)23(20)28-13-10-11-18(3)17-28/h15,18H,5-14,17H2,1-4H3/b22-15-. The molecule has 1 aromatic heterocycles. The van der Waals surface area contributed by atoms with E-state index in [1.54, 1.807) is 9.47 Å². The predicted molar refractivity (Wildman–Crippen MR) is 145 cm³/mol. The van der Waals surface area contributed by atoms with Gasteiger partial charge in [-0.1, -0.05) is 64.0 Å². The van der Waals surface area contributed by atoms with Crippen LogP contribution >= 0.6 is 24.0 Å². The van der Waals surface area contributed by atoms with Gasteiger partial charge in [0, 0.05) is 31.7 Å². The summed E-state index contributed by atoms with van der Waals surface area (Å²) in [6, 6.07) is 2.13.